The number of hydrogen-bond acceptors (Lipinski definition) is 9. The van der Waals surface area contributed by atoms with Gasteiger partial charge < -0.3 is 19.9 Å². The standard InChI is InChI=1S/C27H32ClFN4O5S2/c1-37-20-5-4-18(24(12-20)38-2)15-33(26-30-9-11-39-26)40(35,36)25-13-21(28)23(14-22(25)29)31-17-27-7-3-10-32(27)19(16-34)6-8-27/h4-5,9,11-14,19,31,34H,3,6-8,10,15-17H2,1-2H3/t19-,27+/m1/s1. The summed E-state index contributed by atoms with van der Waals surface area (Å²) < 4.78 is 55.1. The van der Waals surface area contributed by atoms with E-state index in [1.807, 2.05) is 0 Å². The number of thiazole rings is 1. The van der Waals surface area contributed by atoms with Crippen molar-refractivity contribution < 1.29 is 27.4 Å². The molecule has 0 radical (unpaired) electrons. The molecule has 216 valence electrons. The average molecular weight is 611 g/mol. The van der Waals surface area contributed by atoms with Crippen LogP contribution in [0.15, 0.2) is 46.8 Å². The third kappa shape index (κ3) is 5.35. The van der Waals surface area contributed by atoms with Crippen LogP contribution >= 0.6 is 22.9 Å². The molecule has 0 bridgehead atoms. The number of ether oxygens (including phenoxy) is 2. The molecular weight excluding hydrogens is 579 g/mol. The number of benzene rings is 2. The van der Waals surface area contributed by atoms with Gasteiger partial charge in [0.05, 0.1) is 38.1 Å². The van der Waals surface area contributed by atoms with Crippen LogP contribution in [0, 0.1) is 5.82 Å². The molecule has 1 aromatic heterocycles. The van der Waals surface area contributed by atoms with Crippen LogP contribution in [0.4, 0.5) is 15.2 Å². The van der Waals surface area contributed by atoms with Crippen LogP contribution in [0.3, 0.4) is 0 Å². The van der Waals surface area contributed by atoms with E-state index in [1.165, 1.54) is 20.4 Å². The Kier molecular flexibility index (Phi) is 8.44. The summed E-state index contributed by atoms with van der Waals surface area (Å²) in [7, 11) is -1.42. The number of aromatic nitrogens is 1. The van der Waals surface area contributed by atoms with Crippen molar-refractivity contribution in [1.82, 2.24) is 9.88 Å². The van der Waals surface area contributed by atoms with Crippen molar-refractivity contribution in [1.29, 1.82) is 0 Å². The molecule has 40 heavy (non-hydrogen) atoms. The highest BCUT2D eigenvalue weighted by atomic mass is 35.5. The Balaban J connectivity index is 1.43. The lowest BCUT2D eigenvalue weighted by atomic mass is 9.94. The van der Waals surface area contributed by atoms with Crippen LogP contribution in [0.2, 0.25) is 5.02 Å². The largest absolute Gasteiger partial charge is 0.497 e. The number of methoxy groups -OCH3 is 2. The zero-order valence-electron chi connectivity index (χ0n) is 22.3. The van der Waals surface area contributed by atoms with Crippen LogP contribution in [-0.2, 0) is 16.6 Å². The lowest BCUT2D eigenvalue weighted by molar-refractivity contribution is 0.113. The smallest absolute Gasteiger partial charge is 0.269 e. The number of nitrogens with one attached hydrogen (secondary N) is 1. The number of nitrogens with zero attached hydrogens (tertiary/aromatic N) is 3. The predicted octanol–water partition coefficient (Wildman–Crippen LogP) is 4.75. The minimum atomic E-state index is -4.42. The molecule has 2 saturated heterocycles. The number of halogens is 2. The molecule has 2 fully saturated rings. The van der Waals surface area contributed by atoms with Gasteiger partial charge in [-0.15, -0.1) is 11.3 Å². The third-order valence-electron chi connectivity index (χ3n) is 7.88. The number of sulfonamides is 1. The van der Waals surface area contributed by atoms with Crippen LogP contribution in [0.1, 0.15) is 31.2 Å². The molecule has 0 aliphatic carbocycles. The van der Waals surface area contributed by atoms with Crippen molar-refractivity contribution in [2.75, 3.05) is 43.5 Å². The maximum atomic E-state index is 15.6. The number of aliphatic hydroxyl groups is 1. The van der Waals surface area contributed by atoms with Gasteiger partial charge in [0.15, 0.2) is 5.13 Å². The van der Waals surface area contributed by atoms with E-state index in [0.29, 0.717) is 29.3 Å². The van der Waals surface area contributed by atoms with Gasteiger partial charge in [0.2, 0.25) is 0 Å². The van der Waals surface area contributed by atoms with Crippen molar-refractivity contribution in [3.8, 4) is 11.5 Å². The fourth-order valence-electron chi connectivity index (χ4n) is 5.83. The molecule has 9 nitrogen and oxygen atoms in total. The van der Waals surface area contributed by atoms with Gasteiger partial charge in [-0.1, -0.05) is 11.6 Å². The molecule has 2 aliphatic rings. The first kappa shape index (κ1) is 28.9. The molecule has 13 heteroatoms. The zero-order chi connectivity index (χ0) is 28.5. The van der Waals surface area contributed by atoms with Crippen molar-refractivity contribution in [2.24, 2.45) is 0 Å². The normalized spacial score (nSPS) is 20.9. The number of aliphatic hydroxyl groups excluding tert-OH is 1. The van der Waals surface area contributed by atoms with Crippen molar-refractivity contribution >= 4 is 43.8 Å². The predicted molar refractivity (Wildman–Crippen MR) is 154 cm³/mol. The second kappa shape index (κ2) is 11.7. The van der Waals surface area contributed by atoms with E-state index in [0.717, 1.165) is 60.0 Å². The summed E-state index contributed by atoms with van der Waals surface area (Å²) in [6, 6.07) is 7.46. The number of hydrogen-bond donors (Lipinski definition) is 2. The molecule has 5 rings (SSSR count). The van der Waals surface area contributed by atoms with Gasteiger partial charge in [-0.3, -0.25) is 4.90 Å². The Morgan fingerprint density at radius 3 is 2.80 bits per heavy atom. The van der Waals surface area contributed by atoms with E-state index < -0.39 is 20.7 Å². The maximum absolute atomic E-state index is 15.6. The quantitative estimate of drug-likeness (QED) is 0.321. The molecule has 2 N–H and O–H groups in total. The molecule has 2 aliphatic heterocycles. The number of fused-ring (bicyclic) bond motifs is 1. The van der Waals surface area contributed by atoms with E-state index >= 15 is 4.39 Å². The summed E-state index contributed by atoms with van der Waals surface area (Å²) in [6.45, 7) is 1.40. The highest BCUT2D eigenvalue weighted by Gasteiger charge is 2.48. The molecule has 0 saturated carbocycles. The first-order chi connectivity index (χ1) is 19.2. The van der Waals surface area contributed by atoms with Crippen LogP contribution in [0.25, 0.3) is 0 Å². The Labute approximate surface area is 242 Å². The topological polar surface area (TPSA) is 104 Å². The molecule has 0 amide bonds. The van der Waals surface area contributed by atoms with Crippen molar-refractivity contribution in [3.63, 3.8) is 0 Å². The molecule has 0 unspecified atom stereocenters. The summed E-state index contributed by atoms with van der Waals surface area (Å²) in [5.74, 6) is 0.0512. The molecule has 3 aromatic rings. The molecule has 0 spiro atoms. The van der Waals surface area contributed by atoms with Crippen LogP contribution in [0.5, 0.6) is 11.5 Å². The summed E-state index contributed by atoms with van der Waals surface area (Å²) in [5.41, 5.74) is 0.742. The number of anilines is 2. The van der Waals surface area contributed by atoms with E-state index in [1.54, 1.807) is 23.6 Å². The lowest BCUT2D eigenvalue weighted by Crippen LogP contribution is -2.48. The van der Waals surface area contributed by atoms with Crippen molar-refractivity contribution in [2.45, 2.75) is 48.7 Å². The van der Waals surface area contributed by atoms with E-state index in [9.17, 15) is 13.5 Å². The highest BCUT2D eigenvalue weighted by Crippen LogP contribution is 2.43. The van der Waals surface area contributed by atoms with Crippen LogP contribution in [-0.4, -0.2) is 68.9 Å². The van der Waals surface area contributed by atoms with Crippen LogP contribution < -0.4 is 19.1 Å². The number of rotatable bonds is 11. The minimum Gasteiger partial charge on any atom is -0.497 e. The zero-order valence-corrected chi connectivity index (χ0v) is 24.7. The van der Waals surface area contributed by atoms with E-state index in [-0.39, 0.29) is 34.9 Å². The van der Waals surface area contributed by atoms with E-state index in [4.69, 9.17) is 21.1 Å². The maximum Gasteiger partial charge on any atom is 0.269 e. The van der Waals surface area contributed by atoms with Gasteiger partial charge >= 0.3 is 0 Å². The SMILES string of the molecule is COc1ccc(CN(c2nccs2)S(=O)(=O)c2cc(Cl)c(NC[C@@]34CCCN3[C@@H](CO)CC4)cc2F)c(OC)c1. The van der Waals surface area contributed by atoms with Gasteiger partial charge in [-0.25, -0.2) is 22.1 Å². The van der Waals surface area contributed by atoms with Crippen molar-refractivity contribution in [3.05, 3.63) is 58.3 Å². The highest BCUT2D eigenvalue weighted by molar-refractivity contribution is 7.93. The first-order valence-corrected chi connectivity index (χ1v) is 15.7. The monoisotopic (exact) mass is 610 g/mol. The Bertz CT molecular complexity index is 1460. The van der Waals surface area contributed by atoms with Gasteiger partial charge in [0.1, 0.15) is 22.2 Å². The average Bonchev–Trinajstić information content (AvgIpc) is 3.69. The Morgan fingerprint density at radius 1 is 1.27 bits per heavy atom. The first-order valence-electron chi connectivity index (χ1n) is 13.0. The Morgan fingerprint density at radius 2 is 2.10 bits per heavy atom. The van der Waals surface area contributed by atoms with Gasteiger partial charge in [-0.05, 0) is 56.5 Å². The third-order valence-corrected chi connectivity index (χ3v) is 10.9. The molecule has 2 aromatic carbocycles. The summed E-state index contributed by atoms with van der Waals surface area (Å²) in [5, 5.41) is 14.9. The fourth-order valence-corrected chi connectivity index (χ4v) is 8.47. The van der Waals surface area contributed by atoms with Gasteiger partial charge in [-0.2, -0.15) is 0 Å². The van der Waals surface area contributed by atoms with E-state index in [2.05, 4.69) is 15.2 Å². The fraction of sp³-hybridized carbons (Fsp3) is 0.444. The Hall–Kier alpha value is -2.64. The molecule has 2 atom stereocenters. The minimum absolute atomic E-state index is 0.0961. The second-order valence-electron chi connectivity index (χ2n) is 10.0. The molecule has 3 heterocycles. The molecular formula is C27H32ClFN4O5S2. The summed E-state index contributed by atoms with van der Waals surface area (Å²) >= 11 is 7.67. The van der Waals surface area contributed by atoms with Gasteiger partial charge in [0.25, 0.3) is 10.0 Å². The summed E-state index contributed by atoms with van der Waals surface area (Å²) in [4.78, 5) is 5.98. The lowest BCUT2D eigenvalue weighted by Gasteiger charge is -2.35. The van der Waals surface area contributed by atoms with Gasteiger partial charge in [0, 0.05) is 41.3 Å². The second-order valence-corrected chi connectivity index (χ2v) is 13.1. The summed E-state index contributed by atoms with van der Waals surface area (Å²) in [6.07, 6.45) is 5.32.